The summed E-state index contributed by atoms with van der Waals surface area (Å²) in [6.45, 7) is 4.00. The molecule has 0 atom stereocenters. The first kappa shape index (κ1) is 22.5. The summed E-state index contributed by atoms with van der Waals surface area (Å²) in [7, 11) is 1.67. The Kier molecular flexibility index (Phi) is 38.0. The summed E-state index contributed by atoms with van der Waals surface area (Å²) in [5, 5.41) is 0. The van der Waals surface area contributed by atoms with Gasteiger partial charge in [0.15, 0.2) is 0 Å². The van der Waals surface area contributed by atoms with Gasteiger partial charge in [0.1, 0.15) is 0 Å². The van der Waals surface area contributed by atoms with Crippen LogP contribution in [0, 0.1) is 0 Å². The summed E-state index contributed by atoms with van der Waals surface area (Å²) in [5.41, 5.74) is 0. The third kappa shape index (κ3) is 22.7. The Morgan fingerprint density at radius 1 is 1.10 bits per heavy atom. The van der Waals surface area contributed by atoms with Crippen LogP contribution in [-0.2, 0) is 26.6 Å². The first-order valence-electron chi connectivity index (χ1n) is 2.21. The maximum absolute atomic E-state index is 5.09. The SMILES string of the molecule is C[O][Ti][O]C(C)C.Cl.Cl.Cl. The van der Waals surface area contributed by atoms with Crippen LogP contribution in [0.2, 0.25) is 0 Å². The zero-order valence-corrected chi connectivity index (χ0v) is 10.1. The monoisotopic (exact) mass is 246 g/mol. The van der Waals surface area contributed by atoms with Crippen LogP contribution in [0.25, 0.3) is 0 Å². The molecule has 0 aromatic rings. The Balaban J connectivity index is -0.0000000600. The molecule has 0 amide bonds. The van der Waals surface area contributed by atoms with Crippen molar-refractivity contribution in [3.05, 3.63) is 0 Å². The Bertz CT molecular complexity index is 47.5. The average molecular weight is 247 g/mol. The first-order valence-corrected chi connectivity index (χ1v) is 3.48. The van der Waals surface area contributed by atoms with E-state index >= 15 is 0 Å². The Morgan fingerprint density at radius 2 is 1.50 bits per heavy atom. The van der Waals surface area contributed by atoms with E-state index in [0.717, 1.165) is 0 Å². The van der Waals surface area contributed by atoms with Gasteiger partial charge in [0.2, 0.25) is 0 Å². The molecule has 0 unspecified atom stereocenters. The summed E-state index contributed by atoms with van der Waals surface area (Å²) < 4.78 is 9.85. The Labute approximate surface area is 90.5 Å². The summed E-state index contributed by atoms with van der Waals surface area (Å²) >= 11 is -0.523. The van der Waals surface area contributed by atoms with Gasteiger partial charge in [0.25, 0.3) is 0 Å². The molecule has 0 heterocycles. The van der Waals surface area contributed by atoms with E-state index in [-0.39, 0.29) is 37.2 Å². The molecular formula is C4H13Cl3O2Ti. The van der Waals surface area contributed by atoms with E-state index in [0.29, 0.717) is 6.10 Å². The van der Waals surface area contributed by atoms with Crippen molar-refractivity contribution < 1.29 is 26.6 Å². The topological polar surface area (TPSA) is 18.5 Å². The van der Waals surface area contributed by atoms with Crippen LogP contribution >= 0.6 is 37.2 Å². The first-order chi connectivity index (χ1) is 3.27. The van der Waals surface area contributed by atoms with Crippen molar-refractivity contribution in [1.29, 1.82) is 0 Å². The van der Waals surface area contributed by atoms with Gasteiger partial charge in [0, 0.05) is 0 Å². The van der Waals surface area contributed by atoms with Crippen molar-refractivity contribution in [1.82, 2.24) is 0 Å². The molecule has 0 N–H and O–H groups in total. The van der Waals surface area contributed by atoms with Gasteiger partial charge in [-0.15, -0.1) is 37.2 Å². The maximum atomic E-state index is 5.09. The fourth-order valence-corrected chi connectivity index (χ4v) is 0.595. The number of hydrogen-bond acceptors (Lipinski definition) is 2. The molecule has 0 rings (SSSR count). The van der Waals surface area contributed by atoms with E-state index < -0.39 is 19.9 Å². The molecule has 6 heteroatoms. The molecule has 0 aliphatic rings. The normalized spacial score (nSPS) is 6.80. The Morgan fingerprint density at radius 3 is 1.60 bits per heavy atom. The minimum atomic E-state index is -0.523. The second-order valence-electron chi connectivity index (χ2n) is 1.45. The molecule has 66 valence electrons. The van der Waals surface area contributed by atoms with Crippen LogP contribution in [0.3, 0.4) is 0 Å². The Hall–Kier alpha value is 1.50. The molecule has 0 radical (unpaired) electrons. The summed E-state index contributed by atoms with van der Waals surface area (Å²) in [6.07, 6.45) is 0.333. The van der Waals surface area contributed by atoms with Crippen molar-refractivity contribution in [2.45, 2.75) is 20.0 Å². The standard InChI is InChI=1S/C3H7O.CH3O.3ClH.Ti/c1-3(2)4;1-2;;;;/h3H,1-2H3;1H3;3*1H;/q2*-1;;;;+2. The quantitative estimate of drug-likeness (QED) is 0.712. The van der Waals surface area contributed by atoms with Crippen LogP contribution in [0.15, 0.2) is 0 Å². The largest absolute Gasteiger partial charge is 0.147 e. The molecule has 0 saturated carbocycles. The van der Waals surface area contributed by atoms with E-state index in [1.165, 1.54) is 0 Å². The molecule has 0 fully saturated rings. The molecule has 2 nitrogen and oxygen atoms in total. The van der Waals surface area contributed by atoms with Crippen LogP contribution in [-0.4, -0.2) is 13.2 Å². The fraction of sp³-hybridized carbons (Fsp3) is 1.00. The van der Waals surface area contributed by atoms with Crippen LogP contribution in [0.1, 0.15) is 13.8 Å². The van der Waals surface area contributed by atoms with Crippen molar-refractivity contribution in [3.63, 3.8) is 0 Å². The molecule has 0 aromatic carbocycles. The molecule has 0 spiro atoms. The minimum absolute atomic E-state index is 0. The van der Waals surface area contributed by atoms with Gasteiger partial charge in [-0.05, 0) is 0 Å². The summed E-state index contributed by atoms with van der Waals surface area (Å²) in [5.74, 6) is 0. The van der Waals surface area contributed by atoms with Gasteiger partial charge < -0.3 is 0 Å². The van der Waals surface area contributed by atoms with Crippen LogP contribution in [0.5, 0.6) is 0 Å². The van der Waals surface area contributed by atoms with Gasteiger partial charge in [-0.1, -0.05) is 0 Å². The van der Waals surface area contributed by atoms with Gasteiger partial charge in [-0.25, -0.2) is 0 Å². The fourth-order valence-electron chi connectivity index (χ4n) is 0.144. The smallest absolute Gasteiger partial charge is 0.147 e. The predicted octanol–water partition coefficient (Wildman–Crippen LogP) is 2.24. The third-order valence-electron chi connectivity index (χ3n) is 0.367. The van der Waals surface area contributed by atoms with Crippen molar-refractivity contribution in [2.24, 2.45) is 0 Å². The molecule has 0 saturated heterocycles. The van der Waals surface area contributed by atoms with E-state index in [9.17, 15) is 0 Å². The minimum Gasteiger partial charge on any atom is -0.147 e. The number of halogens is 3. The molecule has 0 aliphatic heterocycles. The van der Waals surface area contributed by atoms with E-state index in [1.807, 2.05) is 13.8 Å². The van der Waals surface area contributed by atoms with Crippen molar-refractivity contribution in [3.8, 4) is 0 Å². The van der Waals surface area contributed by atoms with E-state index in [4.69, 9.17) is 6.64 Å². The molecular weight excluding hydrogens is 234 g/mol. The van der Waals surface area contributed by atoms with Crippen molar-refractivity contribution in [2.75, 3.05) is 7.11 Å². The third-order valence-corrected chi connectivity index (χ3v) is 1.51. The van der Waals surface area contributed by atoms with Gasteiger partial charge in [0.05, 0.1) is 0 Å². The average Bonchev–Trinajstić information content (AvgIpc) is 1.61. The van der Waals surface area contributed by atoms with Gasteiger partial charge in [-0.3, -0.25) is 0 Å². The molecule has 0 bridgehead atoms. The second kappa shape index (κ2) is 16.8. The summed E-state index contributed by atoms with van der Waals surface area (Å²) in [4.78, 5) is 0. The predicted molar refractivity (Wildman–Crippen MR) is 45.0 cm³/mol. The zero-order chi connectivity index (χ0) is 5.70. The number of rotatable bonds is 3. The van der Waals surface area contributed by atoms with Gasteiger partial charge >= 0.3 is 53.6 Å². The van der Waals surface area contributed by atoms with Crippen LogP contribution in [0.4, 0.5) is 0 Å². The van der Waals surface area contributed by atoms with Crippen molar-refractivity contribution >= 4 is 37.2 Å². The molecule has 0 aromatic heterocycles. The van der Waals surface area contributed by atoms with Gasteiger partial charge in [-0.2, -0.15) is 0 Å². The molecule has 0 aliphatic carbocycles. The van der Waals surface area contributed by atoms with E-state index in [2.05, 4.69) is 0 Å². The summed E-state index contributed by atoms with van der Waals surface area (Å²) in [6, 6.07) is 0. The van der Waals surface area contributed by atoms with E-state index in [1.54, 1.807) is 7.11 Å². The molecule has 10 heavy (non-hydrogen) atoms. The second-order valence-corrected chi connectivity index (χ2v) is 2.72. The number of hydrogen-bond donors (Lipinski definition) is 0. The maximum Gasteiger partial charge on any atom is -0.147 e. The van der Waals surface area contributed by atoms with Crippen LogP contribution < -0.4 is 0 Å². The zero-order valence-electron chi connectivity index (χ0n) is 6.12.